The number of hydrogen-bond acceptors (Lipinski definition) is 5. The van der Waals surface area contributed by atoms with Crippen LogP contribution >= 0.6 is 15.9 Å². The molecule has 0 aliphatic carbocycles. The lowest BCUT2D eigenvalue weighted by atomic mass is 10.2. The van der Waals surface area contributed by atoms with Gasteiger partial charge in [0.15, 0.2) is 0 Å². The third-order valence-electron chi connectivity index (χ3n) is 4.88. The van der Waals surface area contributed by atoms with E-state index in [4.69, 9.17) is 9.72 Å². The Balaban J connectivity index is 1.91. The van der Waals surface area contributed by atoms with Crippen LogP contribution in [0.15, 0.2) is 51.7 Å². The summed E-state index contributed by atoms with van der Waals surface area (Å²) in [5.41, 5.74) is 1.38. The molecule has 0 unspecified atom stereocenters. The van der Waals surface area contributed by atoms with E-state index in [1.807, 2.05) is 49.4 Å². The largest absolute Gasteiger partial charge is 0.492 e. The van der Waals surface area contributed by atoms with Gasteiger partial charge in [-0.15, -0.1) is 0 Å². The van der Waals surface area contributed by atoms with E-state index < -0.39 is 0 Å². The van der Waals surface area contributed by atoms with Crippen molar-refractivity contribution in [1.82, 2.24) is 19.8 Å². The van der Waals surface area contributed by atoms with Crippen LogP contribution in [0.1, 0.15) is 12.7 Å². The minimum absolute atomic E-state index is 0.0704. The van der Waals surface area contributed by atoms with Crippen LogP contribution in [0.5, 0.6) is 5.75 Å². The van der Waals surface area contributed by atoms with Crippen LogP contribution < -0.4 is 15.6 Å². The van der Waals surface area contributed by atoms with Gasteiger partial charge in [-0.1, -0.05) is 28.1 Å². The molecule has 1 aliphatic heterocycles. The molecule has 0 spiro atoms. The molecular weight excluding hydrogens is 420 g/mol. The van der Waals surface area contributed by atoms with Gasteiger partial charge >= 0.3 is 0 Å². The number of hydrogen-bond donors (Lipinski definition) is 1. The highest BCUT2D eigenvalue weighted by Gasteiger charge is 2.19. The van der Waals surface area contributed by atoms with E-state index in [-0.39, 0.29) is 5.56 Å². The monoisotopic (exact) mass is 442 g/mol. The van der Waals surface area contributed by atoms with Crippen molar-refractivity contribution in [2.75, 3.05) is 32.8 Å². The maximum atomic E-state index is 13.5. The second-order valence-corrected chi connectivity index (χ2v) is 7.67. The van der Waals surface area contributed by atoms with E-state index in [1.54, 1.807) is 4.57 Å². The van der Waals surface area contributed by atoms with E-state index in [1.165, 1.54) is 0 Å². The van der Waals surface area contributed by atoms with Crippen molar-refractivity contribution in [3.05, 3.63) is 63.1 Å². The number of benzene rings is 2. The van der Waals surface area contributed by atoms with Gasteiger partial charge in [0.2, 0.25) is 0 Å². The van der Waals surface area contributed by atoms with Crippen molar-refractivity contribution < 1.29 is 4.74 Å². The minimum atomic E-state index is -0.0704. The summed E-state index contributed by atoms with van der Waals surface area (Å²) in [6.07, 6.45) is 0. The fraction of sp³-hybridized carbons (Fsp3) is 0.333. The number of para-hydroxylation sites is 1. The molecule has 28 heavy (non-hydrogen) atoms. The van der Waals surface area contributed by atoms with Gasteiger partial charge < -0.3 is 10.1 Å². The summed E-state index contributed by atoms with van der Waals surface area (Å²) in [5, 5.41) is 3.97. The number of nitrogens with zero attached hydrogens (tertiary/aromatic N) is 3. The van der Waals surface area contributed by atoms with E-state index in [2.05, 4.69) is 26.1 Å². The first-order valence-corrected chi connectivity index (χ1v) is 10.3. The Morgan fingerprint density at radius 1 is 1.18 bits per heavy atom. The number of fused-ring (bicyclic) bond motifs is 1. The maximum absolute atomic E-state index is 13.5. The molecule has 1 aliphatic rings. The van der Waals surface area contributed by atoms with Crippen LogP contribution in [-0.4, -0.2) is 47.2 Å². The number of ether oxygens (including phenoxy) is 1. The van der Waals surface area contributed by atoms with Gasteiger partial charge in [-0.3, -0.25) is 14.3 Å². The predicted octanol–water partition coefficient (Wildman–Crippen LogP) is 2.95. The second kappa shape index (κ2) is 8.43. The topological polar surface area (TPSA) is 59.4 Å². The highest BCUT2D eigenvalue weighted by Crippen LogP contribution is 2.28. The van der Waals surface area contributed by atoms with Gasteiger partial charge in [-0.2, -0.15) is 0 Å². The maximum Gasteiger partial charge on any atom is 0.266 e. The molecule has 1 aromatic heterocycles. The molecule has 1 fully saturated rings. The quantitative estimate of drug-likeness (QED) is 0.657. The normalized spacial score (nSPS) is 15.1. The van der Waals surface area contributed by atoms with Crippen molar-refractivity contribution in [2.45, 2.75) is 13.5 Å². The first-order chi connectivity index (χ1) is 13.7. The van der Waals surface area contributed by atoms with Crippen molar-refractivity contribution in [1.29, 1.82) is 0 Å². The molecule has 0 amide bonds. The highest BCUT2D eigenvalue weighted by atomic mass is 79.9. The van der Waals surface area contributed by atoms with E-state index in [0.29, 0.717) is 24.3 Å². The van der Waals surface area contributed by atoms with Gasteiger partial charge in [0.1, 0.15) is 11.6 Å². The number of nitrogens with one attached hydrogen (secondary N) is 1. The van der Waals surface area contributed by atoms with Crippen molar-refractivity contribution in [3.8, 4) is 11.4 Å². The molecule has 0 bridgehead atoms. The minimum Gasteiger partial charge on any atom is -0.492 e. The molecule has 2 aromatic carbocycles. The third-order valence-corrected chi connectivity index (χ3v) is 5.38. The van der Waals surface area contributed by atoms with Crippen LogP contribution in [0.3, 0.4) is 0 Å². The molecule has 146 valence electrons. The predicted molar refractivity (Wildman–Crippen MR) is 114 cm³/mol. The molecule has 6 nitrogen and oxygen atoms in total. The summed E-state index contributed by atoms with van der Waals surface area (Å²) in [7, 11) is 0. The molecule has 0 radical (unpaired) electrons. The van der Waals surface area contributed by atoms with Gasteiger partial charge in [0.25, 0.3) is 5.56 Å². The zero-order valence-corrected chi connectivity index (χ0v) is 17.4. The van der Waals surface area contributed by atoms with Crippen LogP contribution in [0.25, 0.3) is 16.6 Å². The molecule has 2 heterocycles. The zero-order chi connectivity index (χ0) is 19.5. The lowest BCUT2D eigenvalue weighted by Gasteiger charge is -2.28. The summed E-state index contributed by atoms with van der Waals surface area (Å²) in [6.45, 7) is 6.83. The summed E-state index contributed by atoms with van der Waals surface area (Å²) >= 11 is 3.50. The first kappa shape index (κ1) is 19.1. The van der Waals surface area contributed by atoms with Crippen molar-refractivity contribution in [3.63, 3.8) is 0 Å². The number of piperazine rings is 1. The second-order valence-electron chi connectivity index (χ2n) is 6.76. The Morgan fingerprint density at radius 2 is 1.96 bits per heavy atom. The average Bonchev–Trinajstić information content (AvgIpc) is 2.70. The van der Waals surface area contributed by atoms with Crippen molar-refractivity contribution >= 4 is 26.8 Å². The molecule has 0 saturated carbocycles. The Bertz CT molecular complexity index is 1040. The summed E-state index contributed by atoms with van der Waals surface area (Å²) in [6, 6.07) is 13.2. The van der Waals surface area contributed by atoms with Crippen LogP contribution in [0.2, 0.25) is 0 Å². The van der Waals surface area contributed by atoms with Crippen molar-refractivity contribution in [2.24, 2.45) is 0 Å². The first-order valence-electron chi connectivity index (χ1n) is 9.54. The molecular formula is C21H23BrN4O2. The van der Waals surface area contributed by atoms with E-state index in [0.717, 1.165) is 47.7 Å². The van der Waals surface area contributed by atoms with E-state index in [9.17, 15) is 4.79 Å². The summed E-state index contributed by atoms with van der Waals surface area (Å²) in [5.74, 6) is 1.39. The Morgan fingerprint density at radius 3 is 2.75 bits per heavy atom. The summed E-state index contributed by atoms with van der Waals surface area (Å²) < 4.78 is 8.46. The molecule has 1 saturated heterocycles. The molecule has 3 aromatic rings. The highest BCUT2D eigenvalue weighted by molar-refractivity contribution is 9.10. The van der Waals surface area contributed by atoms with Gasteiger partial charge in [0, 0.05) is 30.7 Å². The van der Waals surface area contributed by atoms with Gasteiger partial charge in [-0.05, 0) is 37.3 Å². The van der Waals surface area contributed by atoms with Crippen LogP contribution in [0, 0.1) is 0 Å². The van der Waals surface area contributed by atoms with E-state index >= 15 is 0 Å². The zero-order valence-electron chi connectivity index (χ0n) is 15.8. The number of rotatable bonds is 5. The molecule has 4 rings (SSSR count). The van der Waals surface area contributed by atoms with Crippen LogP contribution in [0.4, 0.5) is 0 Å². The Kier molecular flexibility index (Phi) is 5.75. The lowest BCUT2D eigenvalue weighted by Crippen LogP contribution is -2.44. The van der Waals surface area contributed by atoms with Crippen LogP contribution in [-0.2, 0) is 6.54 Å². The SMILES string of the molecule is CCOc1cc(Br)ccc1-n1c(CN2CCNCC2)nc2ccccc2c1=O. The molecule has 0 atom stereocenters. The number of aromatic nitrogens is 2. The third kappa shape index (κ3) is 3.83. The Labute approximate surface area is 172 Å². The van der Waals surface area contributed by atoms with Gasteiger partial charge in [0.05, 0.1) is 29.7 Å². The Hall–Kier alpha value is -2.22. The van der Waals surface area contributed by atoms with Gasteiger partial charge in [-0.25, -0.2) is 4.98 Å². The smallest absolute Gasteiger partial charge is 0.266 e. The standard InChI is InChI=1S/C21H23BrN4O2/c1-2-28-19-13-15(22)7-8-18(19)26-20(14-25-11-9-23-10-12-25)24-17-6-4-3-5-16(17)21(26)27/h3-8,13,23H,2,9-12,14H2,1H3. The molecule has 7 heteroatoms. The fourth-order valence-electron chi connectivity index (χ4n) is 3.55. The average molecular weight is 443 g/mol. The summed E-state index contributed by atoms with van der Waals surface area (Å²) in [4.78, 5) is 20.6. The lowest BCUT2D eigenvalue weighted by molar-refractivity contribution is 0.226. The number of halogens is 1. The fourth-order valence-corrected chi connectivity index (χ4v) is 3.89. The molecule has 1 N–H and O–H groups in total.